The van der Waals surface area contributed by atoms with Crippen molar-refractivity contribution in [3.8, 4) is 6.07 Å². The number of aliphatic hydroxyl groups is 1. The Morgan fingerprint density at radius 3 is 2.95 bits per heavy atom. The minimum atomic E-state index is -0.372. The van der Waals surface area contributed by atoms with Crippen LogP contribution >= 0.6 is 11.8 Å². The standard InChI is InChI=1S/C14H18N2O2S/c1-2-11(17)7-9-16-14(18)12-5-3-4-6-13(12)19-10-8-15/h3-6,11,17H,2,7,9-10H2,1H3,(H,16,18). The van der Waals surface area contributed by atoms with Gasteiger partial charge in [-0.25, -0.2) is 0 Å². The van der Waals surface area contributed by atoms with Crippen LogP contribution in [0.5, 0.6) is 0 Å². The van der Waals surface area contributed by atoms with Gasteiger partial charge in [-0.2, -0.15) is 5.26 Å². The quantitative estimate of drug-likeness (QED) is 0.750. The second-order valence-electron chi connectivity index (χ2n) is 4.05. The van der Waals surface area contributed by atoms with E-state index in [1.807, 2.05) is 25.1 Å². The van der Waals surface area contributed by atoms with Crippen LogP contribution in [0.4, 0.5) is 0 Å². The number of rotatable bonds is 7. The number of thioether (sulfide) groups is 1. The molecule has 1 rings (SSSR count). The first kappa shape index (κ1) is 15.5. The molecule has 1 unspecified atom stereocenters. The summed E-state index contributed by atoms with van der Waals surface area (Å²) in [5.74, 6) is 0.156. The lowest BCUT2D eigenvalue weighted by Gasteiger charge is -2.10. The van der Waals surface area contributed by atoms with E-state index in [1.165, 1.54) is 11.8 Å². The third kappa shape index (κ3) is 5.33. The molecule has 0 spiro atoms. The lowest BCUT2D eigenvalue weighted by molar-refractivity contribution is 0.0939. The maximum absolute atomic E-state index is 12.0. The monoisotopic (exact) mass is 278 g/mol. The first-order valence-electron chi connectivity index (χ1n) is 6.24. The number of benzene rings is 1. The molecule has 0 radical (unpaired) electrons. The highest BCUT2D eigenvalue weighted by molar-refractivity contribution is 7.99. The van der Waals surface area contributed by atoms with Gasteiger partial charge in [0.2, 0.25) is 0 Å². The lowest BCUT2D eigenvalue weighted by Crippen LogP contribution is -2.27. The zero-order chi connectivity index (χ0) is 14.1. The van der Waals surface area contributed by atoms with Crippen LogP contribution in [0.25, 0.3) is 0 Å². The van der Waals surface area contributed by atoms with Crippen molar-refractivity contribution in [1.29, 1.82) is 5.26 Å². The van der Waals surface area contributed by atoms with Crippen LogP contribution in [0.1, 0.15) is 30.1 Å². The summed E-state index contributed by atoms with van der Waals surface area (Å²) < 4.78 is 0. The number of nitrogens with zero attached hydrogens (tertiary/aromatic N) is 1. The molecule has 1 atom stereocenters. The number of carbonyl (C=O) groups excluding carboxylic acids is 1. The Balaban J connectivity index is 2.58. The number of aliphatic hydroxyl groups excluding tert-OH is 1. The number of carbonyl (C=O) groups is 1. The highest BCUT2D eigenvalue weighted by Crippen LogP contribution is 2.22. The van der Waals surface area contributed by atoms with E-state index in [1.54, 1.807) is 12.1 Å². The Hall–Kier alpha value is -1.51. The Labute approximate surface area is 117 Å². The predicted octanol–water partition coefficient (Wildman–Crippen LogP) is 2.19. The maximum Gasteiger partial charge on any atom is 0.252 e. The van der Waals surface area contributed by atoms with Gasteiger partial charge in [-0.3, -0.25) is 4.79 Å². The molecular formula is C14H18N2O2S. The summed E-state index contributed by atoms with van der Waals surface area (Å²) in [6.45, 7) is 2.35. The van der Waals surface area contributed by atoms with Crippen molar-refractivity contribution in [1.82, 2.24) is 5.32 Å². The lowest BCUT2D eigenvalue weighted by atomic mass is 10.2. The smallest absolute Gasteiger partial charge is 0.252 e. The van der Waals surface area contributed by atoms with Crippen molar-refractivity contribution in [2.75, 3.05) is 12.3 Å². The zero-order valence-corrected chi connectivity index (χ0v) is 11.7. The van der Waals surface area contributed by atoms with Crippen LogP contribution in [0.15, 0.2) is 29.2 Å². The summed E-state index contributed by atoms with van der Waals surface area (Å²) in [5.41, 5.74) is 0.578. The third-order valence-electron chi connectivity index (χ3n) is 2.66. The molecule has 4 nitrogen and oxygen atoms in total. The Bertz CT molecular complexity index is 457. The molecule has 0 saturated carbocycles. The summed E-state index contributed by atoms with van der Waals surface area (Å²) >= 11 is 1.35. The Morgan fingerprint density at radius 2 is 2.26 bits per heavy atom. The van der Waals surface area contributed by atoms with Gasteiger partial charge in [0.15, 0.2) is 0 Å². The van der Waals surface area contributed by atoms with Gasteiger partial charge in [-0.05, 0) is 25.0 Å². The van der Waals surface area contributed by atoms with Gasteiger partial charge in [-0.15, -0.1) is 11.8 Å². The molecule has 0 aliphatic rings. The normalized spacial score (nSPS) is 11.6. The van der Waals surface area contributed by atoms with Gasteiger partial charge in [-0.1, -0.05) is 19.1 Å². The molecule has 0 bridgehead atoms. The topological polar surface area (TPSA) is 73.1 Å². The Morgan fingerprint density at radius 1 is 1.53 bits per heavy atom. The minimum Gasteiger partial charge on any atom is -0.393 e. The summed E-state index contributed by atoms with van der Waals surface area (Å²) in [6, 6.07) is 9.26. The molecule has 19 heavy (non-hydrogen) atoms. The molecule has 2 N–H and O–H groups in total. The average molecular weight is 278 g/mol. The van der Waals surface area contributed by atoms with Gasteiger partial charge >= 0.3 is 0 Å². The molecule has 0 fully saturated rings. The van der Waals surface area contributed by atoms with Crippen LogP contribution in [0.2, 0.25) is 0 Å². The molecule has 0 saturated heterocycles. The molecule has 0 aliphatic heterocycles. The SMILES string of the molecule is CCC(O)CCNC(=O)c1ccccc1SCC#N. The number of hydrogen-bond acceptors (Lipinski definition) is 4. The first-order chi connectivity index (χ1) is 9.19. The molecule has 0 heterocycles. The van der Waals surface area contributed by atoms with Crippen LogP contribution in [-0.2, 0) is 0 Å². The van der Waals surface area contributed by atoms with E-state index in [0.29, 0.717) is 30.7 Å². The van der Waals surface area contributed by atoms with E-state index in [4.69, 9.17) is 5.26 Å². The van der Waals surface area contributed by atoms with Gasteiger partial charge in [0.25, 0.3) is 5.91 Å². The summed E-state index contributed by atoms with van der Waals surface area (Å²) in [7, 11) is 0. The summed E-state index contributed by atoms with van der Waals surface area (Å²) in [6.07, 6.45) is 0.865. The van der Waals surface area contributed by atoms with E-state index in [9.17, 15) is 9.90 Å². The maximum atomic E-state index is 12.0. The molecule has 0 aliphatic carbocycles. The molecule has 1 aromatic rings. The van der Waals surface area contributed by atoms with Gasteiger partial charge < -0.3 is 10.4 Å². The van der Waals surface area contributed by atoms with E-state index < -0.39 is 0 Å². The minimum absolute atomic E-state index is 0.163. The fourth-order valence-electron chi connectivity index (χ4n) is 1.54. The van der Waals surface area contributed by atoms with Crippen LogP contribution in [0.3, 0.4) is 0 Å². The molecule has 5 heteroatoms. The average Bonchev–Trinajstić information content (AvgIpc) is 2.45. The van der Waals surface area contributed by atoms with Crippen molar-refractivity contribution in [3.05, 3.63) is 29.8 Å². The van der Waals surface area contributed by atoms with Crippen molar-refractivity contribution in [3.63, 3.8) is 0 Å². The summed E-state index contributed by atoms with van der Waals surface area (Å²) in [4.78, 5) is 12.8. The van der Waals surface area contributed by atoms with E-state index in [-0.39, 0.29) is 12.0 Å². The van der Waals surface area contributed by atoms with Gasteiger partial charge in [0.05, 0.1) is 23.5 Å². The van der Waals surface area contributed by atoms with Crippen molar-refractivity contribution >= 4 is 17.7 Å². The van der Waals surface area contributed by atoms with Crippen LogP contribution in [0, 0.1) is 11.3 Å². The number of amides is 1. The van der Waals surface area contributed by atoms with Crippen molar-refractivity contribution in [2.24, 2.45) is 0 Å². The Kier molecular flexibility index (Phi) is 7.01. The van der Waals surface area contributed by atoms with Gasteiger partial charge in [0, 0.05) is 11.4 Å². The zero-order valence-electron chi connectivity index (χ0n) is 10.9. The fraction of sp³-hybridized carbons (Fsp3) is 0.429. The number of nitrogens with one attached hydrogen (secondary N) is 1. The van der Waals surface area contributed by atoms with Crippen LogP contribution in [-0.4, -0.2) is 29.4 Å². The highest BCUT2D eigenvalue weighted by Gasteiger charge is 2.11. The summed E-state index contributed by atoms with van der Waals surface area (Å²) in [5, 5.41) is 20.8. The van der Waals surface area contributed by atoms with Crippen molar-refractivity contribution < 1.29 is 9.90 Å². The van der Waals surface area contributed by atoms with E-state index >= 15 is 0 Å². The third-order valence-corrected chi connectivity index (χ3v) is 3.60. The highest BCUT2D eigenvalue weighted by atomic mass is 32.2. The number of nitriles is 1. The molecule has 0 aromatic heterocycles. The molecule has 102 valence electrons. The fourth-order valence-corrected chi connectivity index (χ4v) is 2.25. The second-order valence-corrected chi connectivity index (χ2v) is 5.07. The molecular weight excluding hydrogens is 260 g/mol. The predicted molar refractivity (Wildman–Crippen MR) is 76.0 cm³/mol. The number of hydrogen-bond donors (Lipinski definition) is 2. The molecule has 1 amide bonds. The first-order valence-corrected chi connectivity index (χ1v) is 7.22. The van der Waals surface area contributed by atoms with Crippen molar-refractivity contribution in [2.45, 2.75) is 30.8 Å². The van der Waals surface area contributed by atoms with E-state index in [2.05, 4.69) is 5.32 Å². The van der Waals surface area contributed by atoms with E-state index in [0.717, 1.165) is 4.90 Å². The largest absolute Gasteiger partial charge is 0.393 e. The van der Waals surface area contributed by atoms with Gasteiger partial charge in [0.1, 0.15) is 0 Å². The van der Waals surface area contributed by atoms with Crippen LogP contribution < -0.4 is 5.32 Å². The second kappa shape index (κ2) is 8.57. The molecule has 1 aromatic carbocycles.